The Bertz CT molecular complexity index is 1110. The molecular formula is C22H20N2O4S. The molecule has 6 nitrogen and oxygen atoms in total. The summed E-state index contributed by atoms with van der Waals surface area (Å²) in [5.74, 6) is -0.831. The van der Waals surface area contributed by atoms with Gasteiger partial charge in [-0.3, -0.25) is 14.9 Å². The number of hydrogen-bond acceptors (Lipinski definition) is 5. The van der Waals surface area contributed by atoms with Gasteiger partial charge in [0.05, 0.1) is 12.2 Å². The number of rotatable bonds is 4. The highest BCUT2D eigenvalue weighted by molar-refractivity contribution is 7.17. The predicted octanol–water partition coefficient (Wildman–Crippen LogP) is 4.53. The van der Waals surface area contributed by atoms with Gasteiger partial charge in [0.25, 0.3) is 11.8 Å². The minimum atomic E-state index is -0.790. The minimum Gasteiger partial charge on any atom is -0.450 e. The van der Waals surface area contributed by atoms with E-state index in [1.807, 2.05) is 36.4 Å². The average molecular weight is 408 g/mol. The zero-order chi connectivity index (χ0) is 20.4. The first kappa shape index (κ1) is 19.1. The molecule has 0 fully saturated rings. The molecule has 1 aliphatic carbocycles. The Hall–Kier alpha value is -3.19. The number of imide groups is 1. The van der Waals surface area contributed by atoms with Crippen LogP contribution in [0.2, 0.25) is 0 Å². The van der Waals surface area contributed by atoms with Gasteiger partial charge in [-0.15, -0.1) is 11.3 Å². The Balaban J connectivity index is 1.66. The van der Waals surface area contributed by atoms with Gasteiger partial charge in [0.15, 0.2) is 0 Å². The summed E-state index contributed by atoms with van der Waals surface area (Å²) in [5.41, 5.74) is 1.81. The minimum absolute atomic E-state index is 0.172. The second-order valence-electron chi connectivity index (χ2n) is 6.72. The topological polar surface area (TPSA) is 84.5 Å². The predicted molar refractivity (Wildman–Crippen MR) is 113 cm³/mol. The Labute approximate surface area is 171 Å². The Morgan fingerprint density at radius 3 is 2.66 bits per heavy atom. The molecular weight excluding hydrogens is 388 g/mol. The maximum atomic E-state index is 13.0. The molecule has 1 aliphatic rings. The molecule has 0 aliphatic heterocycles. The van der Waals surface area contributed by atoms with Crippen LogP contribution in [0.5, 0.6) is 0 Å². The van der Waals surface area contributed by atoms with Gasteiger partial charge in [0, 0.05) is 10.4 Å². The van der Waals surface area contributed by atoms with E-state index in [2.05, 4.69) is 10.6 Å². The molecule has 1 heterocycles. The molecule has 0 unspecified atom stereocenters. The number of anilines is 1. The van der Waals surface area contributed by atoms with E-state index in [1.165, 1.54) is 11.3 Å². The van der Waals surface area contributed by atoms with E-state index in [-0.39, 0.29) is 12.5 Å². The number of carbonyl (C=O) groups excluding carboxylic acids is 3. The van der Waals surface area contributed by atoms with Crippen molar-refractivity contribution in [3.05, 3.63) is 64.0 Å². The van der Waals surface area contributed by atoms with Gasteiger partial charge in [-0.25, -0.2) is 4.79 Å². The van der Waals surface area contributed by atoms with Gasteiger partial charge in [-0.1, -0.05) is 36.4 Å². The third-order valence-corrected chi connectivity index (χ3v) is 6.11. The van der Waals surface area contributed by atoms with Crippen LogP contribution in [0.25, 0.3) is 10.8 Å². The molecule has 3 aromatic rings. The summed E-state index contributed by atoms with van der Waals surface area (Å²) in [4.78, 5) is 38.6. The molecule has 148 valence electrons. The van der Waals surface area contributed by atoms with E-state index < -0.39 is 12.0 Å². The van der Waals surface area contributed by atoms with Gasteiger partial charge in [-0.2, -0.15) is 0 Å². The highest BCUT2D eigenvalue weighted by atomic mass is 32.1. The van der Waals surface area contributed by atoms with Gasteiger partial charge >= 0.3 is 6.09 Å². The molecule has 0 saturated carbocycles. The van der Waals surface area contributed by atoms with Crippen molar-refractivity contribution in [2.24, 2.45) is 0 Å². The smallest absolute Gasteiger partial charge is 0.414 e. The van der Waals surface area contributed by atoms with Gasteiger partial charge in [-0.05, 0) is 48.6 Å². The number of nitrogens with one attached hydrogen (secondary N) is 2. The summed E-state index contributed by atoms with van der Waals surface area (Å²) >= 11 is 1.40. The molecule has 2 aromatic carbocycles. The fourth-order valence-corrected chi connectivity index (χ4v) is 4.93. The molecule has 1 aromatic heterocycles. The van der Waals surface area contributed by atoms with Crippen LogP contribution in [0.15, 0.2) is 42.5 Å². The molecule has 0 atom stereocenters. The Kier molecular flexibility index (Phi) is 5.31. The van der Waals surface area contributed by atoms with E-state index >= 15 is 0 Å². The lowest BCUT2D eigenvalue weighted by Crippen LogP contribution is -2.32. The van der Waals surface area contributed by atoms with E-state index in [0.29, 0.717) is 16.1 Å². The molecule has 0 radical (unpaired) electrons. The third kappa shape index (κ3) is 3.73. The van der Waals surface area contributed by atoms with Gasteiger partial charge < -0.3 is 10.1 Å². The highest BCUT2D eigenvalue weighted by Crippen LogP contribution is 2.39. The zero-order valence-corrected chi connectivity index (χ0v) is 16.7. The lowest BCUT2D eigenvalue weighted by Gasteiger charge is -2.10. The van der Waals surface area contributed by atoms with Crippen LogP contribution in [0.1, 0.15) is 44.5 Å². The summed E-state index contributed by atoms with van der Waals surface area (Å²) in [6.07, 6.45) is 1.78. The van der Waals surface area contributed by atoms with Gasteiger partial charge in [0.1, 0.15) is 5.00 Å². The second kappa shape index (κ2) is 8.05. The number of amides is 3. The molecule has 29 heavy (non-hydrogen) atoms. The van der Waals surface area contributed by atoms with Crippen LogP contribution >= 0.6 is 11.3 Å². The molecule has 3 amide bonds. The fraction of sp³-hybridized carbons (Fsp3) is 0.227. The monoisotopic (exact) mass is 408 g/mol. The standard InChI is InChI=1S/C22H20N2O4S/c1-2-28-22(27)24-20(26)18-16-11-6-12-17(16)29-21(18)23-19(25)15-10-5-8-13-7-3-4-9-14(13)15/h3-5,7-10H,2,6,11-12H2,1H3,(H,23,25)(H,24,26,27). The summed E-state index contributed by atoms with van der Waals surface area (Å²) in [5, 5.41) is 7.43. The van der Waals surface area contributed by atoms with Crippen molar-refractivity contribution in [2.45, 2.75) is 26.2 Å². The van der Waals surface area contributed by atoms with E-state index in [4.69, 9.17) is 4.74 Å². The van der Waals surface area contributed by atoms with Crippen molar-refractivity contribution in [3.63, 3.8) is 0 Å². The molecule has 7 heteroatoms. The van der Waals surface area contributed by atoms with Crippen molar-refractivity contribution in [1.29, 1.82) is 0 Å². The average Bonchev–Trinajstić information content (AvgIpc) is 3.28. The van der Waals surface area contributed by atoms with E-state index in [1.54, 1.807) is 13.0 Å². The van der Waals surface area contributed by atoms with Crippen molar-refractivity contribution in [2.75, 3.05) is 11.9 Å². The number of ether oxygens (including phenoxy) is 1. The van der Waals surface area contributed by atoms with Crippen molar-refractivity contribution in [3.8, 4) is 0 Å². The number of thiophene rings is 1. The van der Waals surface area contributed by atoms with Crippen molar-refractivity contribution in [1.82, 2.24) is 5.32 Å². The summed E-state index contributed by atoms with van der Waals surface area (Å²) in [6.45, 7) is 1.84. The number of benzene rings is 2. The van der Waals surface area contributed by atoms with Crippen LogP contribution in [0, 0.1) is 0 Å². The number of carbonyl (C=O) groups is 3. The molecule has 2 N–H and O–H groups in total. The summed E-state index contributed by atoms with van der Waals surface area (Å²) in [6, 6.07) is 13.2. The quantitative estimate of drug-likeness (QED) is 0.664. The van der Waals surface area contributed by atoms with Crippen LogP contribution in [-0.2, 0) is 17.6 Å². The fourth-order valence-electron chi connectivity index (χ4n) is 3.65. The number of hydrogen-bond donors (Lipinski definition) is 2. The SMILES string of the molecule is CCOC(=O)NC(=O)c1c(NC(=O)c2cccc3ccccc23)sc2c1CCC2. The van der Waals surface area contributed by atoms with E-state index in [0.717, 1.165) is 40.5 Å². The molecule has 0 saturated heterocycles. The summed E-state index contributed by atoms with van der Waals surface area (Å²) in [7, 11) is 0. The van der Waals surface area contributed by atoms with Crippen molar-refractivity contribution < 1.29 is 19.1 Å². The lowest BCUT2D eigenvalue weighted by atomic mass is 10.0. The maximum absolute atomic E-state index is 13.0. The Morgan fingerprint density at radius 1 is 1.03 bits per heavy atom. The first-order valence-corrected chi connectivity index (χ1v) is 10.3. The van der Waals surface area contributed by atoms with Crippen LogP contribution in [0.3, 0.4) is 0 Å². The lowest BCUT2D eigenvalue weighted by molar-refractivity contribution is 0.0925. The normalized spacial score (nSPS) is 12.4. The number of fused-ring (bicyclic) bond motifs is 2. The second-order valence-corrected chi connectivity index (χ2v) is 7.82. The largest absolute Gasteiger partial charge is 0.450 e. The molecule has 4 rings (SSSR count). The van der Waals surface area contributed by atoms with Gasteiger partial charge in [0.2, 0.25) is 0 Å². The van der Waals surface area contributed by atoms with Crippen LogP contribution in [-0.4, -0.2) is 24.5 Å². The zero-order valence-electron chi connectivity index (χ0n) is 15.9. The Morgan fingerprint density at radius 2 is 1.83 bits per heavy atom. The van der Waals surface area contributed by atoms with Crippen LogP contribution < -0.4 is 10.6 Å². The first-order valence-electron chi connectivity index (χ1n) is 9.50. The molecule has 0 spiro atoms. The number of aryl methyl sites for hydroxylation is 1. The van der Waals surface area contributed by atoms with Crippen LogP contribution in [0.4, 0.5) is 9.80 Å². The molecule has 0 bridgehead atoms. The van der Waals surface area contributed by atoms with Crippen molar-refractivity contribution >= 4 is 45.0 Å². The maximum Gasteiger partial charge on any atom is 0.414 e. The third-order valence-electron chi connectivity index (χ3n) is 4.90. The van der Waals surface area contributed by atoms with E-state index in [9.17, 15) is 14.4 Å². The number of alkyl carbamates (subject to hydrolysis) is 1. The summed E-state index contributed by atoms with van der Waals surface area (Å²) < 4.78 is 4.81. The highest BCUT2D eigenvalue weighted by Gasteiger charge is 2.29. The first-order chi connectivity index (χ1) is 14.1.